The van der Waals surface area contributed by atoms with E-state index in [9.17, 15) is 0 Å². The minimum absolute atomic E-state index is 0. The molecule has 2 nitrogen and oxygen atoms in total. The zero-order valence-electron chi connectivity index (χ0n) is 12.1. The van der Waals surface area contributed by atoms with Gasteiger partial charge in [0.2, 0.25) is 0 Å². The third-order valence-corrected chi connectivity index (χ3v) is 4.82. The van der Waals surface area contributed by atoms with Crippen molar-refractivity contribution in [1.82, 2.24) is 4.98 Å². The number of piperidine rings is 1. The standard InChI is InChI=1S/C16H20N2S.ClH/c1-12-6-7-14(10-13(12)2)15-11-19-16(17-15)18-8-4-3-5-9-18;/h6-7,10-11H,3-5,8-9H2,1-2H3;1H. The number of benzene rings is 1. The van der Waals surface area contributed by atoms with Gasteiger partial charge in [-0.1, -0.05) is 12.1 Å². The molecule has 0 bridgehead atoms. The molecule has 2 heterocycles. The average molecular weight is 309 g/mol. The Balaban J connectivity index is 0.00000147. The van der Waals surface area contributed by atoms with Gasteiger partial charge < -0.3 is 4.90 Å². The van der Waals surface area contributed by atoms with E-state index in [1.165, 1.54) is 54.2 Å². The van der Waals surface area contributed by atoms with E-state index in [1.54, 1.807) is 11.3 Å². The number of anilines is 1. The Kier molecular flexibility index (Phi) is 5.06. The molecule has 0 unspecified atom stereocenters. The first-order chi connectivity index (χ1) is 9.24. The second kappa shape index (κ2) is 6.59. The molecule has 0 radical (unpaired) electrons. The van der Waals surface area contributed by atoms with E-state index >= 15 is 0 Å². The maximum Gasteiger partial charge on any atom is 0.185 e. The summed E-state index contributed by atoms with van der Waals surface area (Å²) < 4.78 is 0. The summed E-state index contributed by atoms with van der Waals surface area (Å²) >= 11 is 1.78. The van der Waals surface area contributed by atoms with Gasteiger partial charge in [0, 0.05) is 24.0 Å². The van der Waals surface area contributed by atoms with E-state index < -0.39 is 0 Å². The number of thiazole rings is 1. The van der Waals surface area contributed by atoms with Crippen LogP contribution < -0.4 is 4.90 Å². The normalized spacial score (nSPS) is 15.0. The third-order valence-electron chi connectivity index (χ3n) is 3.92. The monoisotopic (exact) mass is 308 g/mol. The fourth-order valence-electron chi connectivity index (χ4n) is 2.53. The summed E-state index contributed by atoms with van der Waals surface area (Å²) in [5, 5.41) is 3.38. The molecule has 0 spiro atoms. The highest BCUT2D eigenvalue weighted by Gasteiger charge is 2.14. The second-order valence-electron chi connectivity index (χ2n) is 5.36. The largest absolute Gasteiger partial charge is 0.348 e. The first kappa shape index (κ1) is 15.3. The summed E-state index contributed by atoms with van der Waals surface area (Å²) in [6.45, 7) is 6.65. The summed E-state index contributed by atoms with van der Waals surface area (Å²) in [5.41, 5.74) is 5.04. The van der Waals surface area contributed by atoms with Crippen molar-refractivity contribution in [3.63, 3.8) is 0 Å². The smallest absolute Gasteiger partial charge is 0.185 e. The van der Waals surface area contributed by atoms with Crippen LogP contribution in [0.3, 0.4) is 0 Å². The zero-order valence-corrected chi connectivity index (χ0v) is 13.7. The molecule has 1 aromatic heterocycles. The Labute approximate surface area is 131 Å². The van der Waals surface area contributed by atoms with E-state index in [-0.39, 0.29) is 12.4 Å². The molecule has 0 saturated carbocycles. The van der Waals surface area contributed by atoms with E-state index in [0.29, 0.717) is 0 Å². The van der Waals surface area contributed by atoms with Crippen molar-refractivity contribution in [3.8, 4) is 11.3 Å². The van der Waals surface area contributed by atoms with Crippen LogP contribution in [0.2, 0.25) is 0 Å². The first-order valence-electron chi connectivity index (χ1n) is 7.02. The second-order valence-corrected chi connectivity index (χ2v) is 6.20. The summed E-state index contributed by atoms with van der Waals surface area (Å²) in [6.07, 6.45) is 3.98. The molecule has 0 N–H and O–H groups in total. The lowest BCUT2D eigenvalue weighted by atomic mass is 10.1. The molecule has 0 atom stereocenters. The fraction of sp³-hybridized carbons (Fsp3) is 0.438. The molecule has 3 rings (SSSR count). The minimum Gasteiger partial charge on any atom is -0.348 e. The Morgan fingerprint density at radius 2 is 1.80 bits per heavy atom. The van der Waals surface area contributed by atoms with Crippen molar-refractivity contribution < 1.29 is 0 Å². The Morgan fingerprint density at radius 1 is 1.05 bits per heavy atom. The van der Waals surface area contributed by atoms with Gasteiger partial charge in [-0.2, -0.15) is 0 Å². The lowest BCUT2D eigenvalue weighted by Gasteiger charge is -2.25. The van der Waals surface area contributed by atoms with Crippen molar-refractivity contribution in [1.29, 1.82) is 0 Å². The summed E-state index contributed by atoms with van der Waals surface area (Å²) in [5.74, 6) is 0. The van der Waals surface area contributed by atoms with E-state index in [0.717, 1.165) is 5.69 Å². The molecule has 1 fully saturated rings. The van der Waals surface area contributed by atoms with Crippen LogP contribution in [0.1, 0.15) is 30.4 Å². The van der Waals surface area contributed by atoms with Crippen LogP contribution >= 0.6 is 23.7 Å². The van der Waals surface area contributed by atoms with Crippen molar-refractivity contribution >= 4 is 28.9 Å². The van der Waals surface area contributed by atoms with Crippen LogP contribution in [-0.2, 0) is 0 Å². The van der Waals surface area contributed by atoms with Crippen molar-refractivity contribution in [2.75, 3.05) is 18.0 Å². The van der Waals surface area contributed by atoms with E-state index in [2.05, 4.69) is 42.3 Å². The molecular formula is C16H21ClN2S. The van der Waals surface area contributed by atoms with Gasteiger partial charge in [0.15, 0.2) is 5.13 Å². The molecule has 20 heavy (non-hydrogen) atoms. The van der Waals surface area contributed by atoms with Gasteiger partial charge in [-0.3, -0.25) is 0 Å². The number of rotatable bonds is 2. The molecule has 0 aliphatic carbocycles. The van der Waals surface area contributed by atoms with Crippen LogP contribution in [0.25, 0.3) is 11.3 Å². The Bertz CT molecular complexity index is 574. The molecule has 0 amide bonds. The number of halogens is 1. The highest BCUT2D eigenvalue weighted by molar-refractivity contribution is 7.14. The van der Waals surface area contributed by atoms with Crippen molar-refractivity contribution in [2.45, 2.75) is 33.1 Å². The maximum absolute atomic E-state index is 4.82. The highest BCUT2D eigenvalue weighted by Crippen LogP contribution is 2.29. The average Bonchev–Trinajstić information content (AvgIpc) is 2.93. The number of aromatic nitrogens is 1. The van der Waals surface area contributed by atoms with Gasteiger partial charge in [-0.15, -0.1) is 23.7 Å². The molecule has 2 aromatic rings. The lowest BCUT2D eigenvalue weighted by molar-refractivity contribution is 0.577. The van der Waals surface area contributed by atoms with Crippen LogP contribution in [0.15, 0.2) is 23.6 Å². The van der Waals surface area contributed by atoms with E-state index in [4.69, 9.17) is 4.98 Å². The van der Waals surface area contributed by atoms with Crippen molar-refractivity contribution in [2.24, 2.45) is 0 Å². The highest BCUT2D eigenvalue weighted by atomic mass is 35.5. The zero-order chi connectivity index (χ0) is 13.2. The van der Waals surface area contributed by atoms with Crippen LogP contribution in [0, 0.1) is 13.8 Å². The molecule has 1 aromatic carbocycles. The fourth-order valence-corrected chi connectivity index (χ4v) is 3.42. The van der Waals surface area contributed by atoms with Gasteiger partial charge in [-0.05, 0) is 50.3 Å². The molecule has 1 aliphatic heterocycles. The topological polar surface area (TPSA) is 16.1 Å². The van der Waals surface area contributed by atoms with Gasteiger partial charge in [-0.25, -0.2) is 4.98 Å². The van der Waals surface area contributed by atoms with Gasteiger partial charge in [0.05, 0.1) is 5.69 Å². The molecule has 4 heteroatoms. The number of aryl methyl sites for hydroxylation is 2. The third kappa shape index (κ3) is 3.15. The molecule has 1 saturated heterocycles. The molecular weight excluding hydrogens is 288 g/mol. The maximum atomic E-state index is 4.82. The SMILES string of the molecule is Cc1ccc(-c2csc(N3CCCCC3)n2)cc1C.Cl. The molecule has 108 valence electrons. The Hall–Kier alpha value is -1.06. The lowest BCUT2D eigenvalue weighted by Crippen LogP contribution is -2.29. The number of hydrogen-bond donors (Lipinski definition) is 0. The van der Waals surface area contributed by atoms with Crippen LogP contribution in [0.5, 0.6) is 0 Å². The van der Waals surface area contributed by atoms with Crippen LogP contribution in [0.4, 0.5) is 5.13 Å². The minimum atomic E-state index is 0. The Morgan fingerprint density at radius 3 is 2.50 bits per heavy atom. The quantitative estimate of drug-likeness (QED) is 0.789. The van der Waals surface area contributed by atoms with E-state index in [1.807, 2.05) is 0 Å². The summed E-state index contributed by atoms with van der Waals surface area (Å²) in [4.78, 5) is 7.25. The molecule has 1 aliphatic rings. The number of nitrogens with zero attached hydrogens (tertiary/aromatic N) is 2. The van der Waals surface area contributed by atoms with Gasteiger partial charge in [0.1, 0.15) is 0 Å². The van der Waals surface area contributed by atoms with Gasteiger partial charge >= 0.3 is 0 Å². The summed E-state index contributed by atoms with van der Waals surface area (Å²) in [7, 11) is 0. The predicted molar refractivity (Wildman–Crippen MR) is 90.3 cm³/mol. The summed E-state index contributed by atoms with van der Waals surface area (Å²) in [6, 6.07) is 6.60. The van der Waals surface area contributed by atoms with Crippen LogP contribution in [-0.4, -0.2) is 18.1 Å². The number of hydrogen-bond acceptors (Lipinski definition) is 3. The van der Waals surface area contributed by atoms with Crippen molar-refractivity contribution in [3.05, 3.63) is 34.7 Å². The van der Waals surface area contributed by atoms with Gasteiger partial charge in [0.25, 0.3) is 0 Å². The predicted octanol–water partition coefficient (Wildman–Crippen LogP) is 4.84. The first-order valence-corrected chi connectivity index (χ1v) is 7.90.